The van der Waals surface area contributed by atoms with Crippen LogP contribution in [0.15, 0.2) is 28.3 Å². The van der Waals surface area contributed by atoms with Crippen LogP contribution in [0.25, 0.3) is 10.9 Å². The first-order valence-electron chi connectivity index (χ1n) is 20.5. The molecule has 13 atom stereocenters. The summed E-state index contributed by atoms with van der Waals surface area (Å²) in [5, 5.41) is 36.2. The molecule has 17 heteroatoms. The number of aliphatic imine (C=N–C) groups is 1. The van der Waals surface area contributed by atoms with Crippen LogP contribution in [0.1, 0.15) is 87.1 Å². The van der Waals surface area contributed by atoms with Crippen LogP contribution in [0.4, 0.5) is 5.82 Å². The Morgan fingerprint density at radius 2 is 1.83 bits per heavy atom. The molecular weight excluding hydrogens is 764 g/mol. The van der Waals surface area contributed by atoms with Gasteiger partial charge >= 0.3 is 5.97 Å². The van der Waals surface area contributed by atoms with E-state index in [1.54, 1.807) is 27.7 Å². The number of ether oxygens (including phenoxy) is 5. The van der Waals surface area contributed by atoms with Crippen LogP contribution >= 0.6 is 0 Å². The number of carbonyl (C=O) groups is 3. The van der Waals surface area contributed by atoms with Crippen molar-refractivity contribution in [2.24, 2.45) is 33.8 Å². The van der Waals surface area contributed by atoms with Crippen molar-refractivity contribution in [1.82, 2.24) is 15.1 Å². The fourth-order valence-electron chi connectivity index (χ4n) is 8.98. The number of H-pyrrole nitrogens is 1. The van der Waals surface area contributed by atoms with Crippen molar-refractivity contribution in [2.45, 2.75) is 142 Å². The number of oxime groups is 1. The van der Waals surface area contributed by atoms with Gasteiger partial charge in [-0.2, -0.15) is 5.10 Å². The number of nitrogens with two attached hydrogens (primary N) is 1. The quantitative estimate of drug-likeness (QED) is 0.178. The first-order chi connectivity index (χ1) is 27.7. The van der Waals surface area contributed by atoms with Crippen LogP contribution in [0.3, 0.4) is 0 Å². The number of nitrogens with one attached hydrogen (secondary N) is 1. The van der Waals surface area contributed by atoms with Gasteiger partial charge in [-0.3, -0.25) is 19.5 Å². The van der Waals surface area contributed by atoms with E-state index in [1.165, 1.54) is 20.8 Å². The minimum atomic E-state index is -1.86. The maximum atomic E-state index is 14.5. The largest absolute Gasteiger partial charge is 0.459 e. The number of nitrogen functional groups attached to an aromatic ring is 1. The summed E-state index contributed by atoms with van der Waals surface area (Å²) in [7, 11) is 3.73. The number of cyclic esters (lactones) is 1. The van der Waals surface area contributed by atoms with Gasteiger partial charge in [-0.25, -0.2) is 4.99 Å². The number of carbonyl (C=O) groups excluding carboxylic acids is 3. The lowest BCUT2D eigenvalue weighted by atomic mass is 9.73. The number of likely N-dealkylation sites (N-methyl/N-ethyl adjacent to an activating group) is 1. The first kappa shape index (κ1) is 46.2. The molecule has 3 saturated heterocycles. The van der Waals surface area contributed by atoms with E-state index in [2.05, 4.69) is 20.3 Å². The molecule has 3 aliphatic heterocycles. The molecule has 4 heterocycles. The predicted octanol–water partition coefficient (Wildman–Crippen LogP) is 3.58. The lowest BCUT2D eigenvalue weighted by Crippen LogP contribution is -2.60. The summed E-state index contributed by atoms with van der Waals surface area (Å²) in [5.74, 6) is -5.00. The van der Waals surface area contributed by atoms with E-state index in [4.69, 9.17) is 34.3 Å². The van der Waals surface area contributed by atoms with E-state index >= 15 is 0 Å². The van der Waals surface area contributed by atoms with Gasteiger partial charge in [-0.05, 0) is 84.7 Å². The summed E-state index contributed by atoms with van der Waals surface area (Å²) >= 11 is 0. The van der Waals surface area contributed by atoms with E-state index < -0.39 is 83.2 Å². The number of amides is 1. The number of hydrogen-bond donors (Lipinski definition) is 4. The van der Waals surface area contributed by atoms with Gasteiger partial charge < -0.3 is 49.4 Å². The van der Waals surface area contributed by atoms with Crippen molar-refractivity contribution in [1.29, 1.82) is 0 Å². The number of aliphatic hydroxyl groups excluding tert-OH is 1. The van der Waals surface area contributed by atoms with Crippen LogP contribution in [0.2, 0.25) is 0 Å². The summed E-state index contributed by atoms with van der Waals surface area (Å²) in [6.07, 6.45) is -5.16. The van der Waals surface area contributed by atoms with Crippen molar-refractivity contribution in [3.8, 4) is 0 Å². The third-order valence-corrected chi connectivity index (χ3v) is 12.2. The van der Waals surface area contributed by atoms with Crippen LogP contribution in [0, 0.1) is 23.7 Å². The zero-order valence-electron chi connectivity index (χ0n) is 36.3. The van der Waals surface area contributed by atoms with Gasteiger partial charge in [0.2, 0.25) is 5.91 Å². The molecule has 0 spiro atoms. The van der Waals surface area contributed by atoms with Crippen LogP contribution in [-0.2, 0) is 49.5 Å². The Hall–Kier alpha value is -3.84. The first-order valence-corrected chi connectivity index (χ1v) is 20.5. The molecule has 2 aromatic rings. The number of aromatic amines is 1. The van der Waals surface area contributed by atoms with E-state index in [-0.39, 0.29) is 50.5 Å². The average Bonchev–Trinajstić information content (AvgIpc) is 3.54. The number of aromatic nitrogens is 2. The van der Waals surface area contributed by atoms with Crippen molar-refractivity contribution < 1.29 is 53.1 Å². The number of fused-ring (bicyclic) bond motifs is 6. The highest BCUT2D eigenvalue weighted by molar-refractivity contribution is 6.00. The van der Waals surface area contributed by atoms with Gasteiger partial charge in [0.25, 0.3) is 0 Å². The molecule has 0 unspecified atom stereocenters. The molecule has 3 aliphatic rings. The van der Waals surface area contributed by atoms with E-state index in [9.17, 15) is 24.6 Å². The van der Waals surface area contributed by atoms with Gasteiger partial charge in [0, 0.05) is 35.9 Å². The maximum Gasteiger partial charge on any atom is 0.316 e. The number of nitrogens with zero attached hydrogens (tertiary/aromatic N) is 4. The highest BCUT2D eigenvalue weighted by Crippen LogP contribution is 2.40. The number of anilines is 1. The summed E-state index contributed by atoms with van der Waals surface area (Å²) in [4.78, 5) is 53.5. The minimum Gasteiger partial charge on any atom is -0.459 e. The Labute approximate surface area is 346 Å². The number of benzene rings is 1. The third-order valence-electron chi connectivity index (χ3n) is 12.2. The monoisotopic (exact) mass is 828 g/mol. The maximum absolute atomic E-state index is 14.5. The molecule has 1 aromatic carbocycles. The van der Waals surface area contributed by atoms with Crippen LogP contribution in [0.5, 0.6) is 0 Å². The Kier molecular flexibility index (Phi) is 14.8. The molecule has 0 radical (unpaired) electrons. The highest BCUT2D eigenvalue weighted by Gasteiger charge is 2.53. The van der Waals surface area contributed by atoms with E-state index in [0.29, 0.717) is 18.0 Å². The number of rotatable bonds is 7. The van der Waals surface area contributed by atoms with Crippen molar-refractivity contribution in [3.05, 3.63) is 23.8 Å². The summed E-state index contributed by atoms with van der Waals surface area (Å²) in [6, 6.07) is 5.21. The van der Waals surface area contributed by atoms with Gasteiger partial charge in [-0.1, -0.05) is 38.9 Å². The van der Waals surface area contributed by atoms with Crippen molar-refractivity contribution in [3.63, 3.8) is 0 Å². The fraction of sp³-hybridized carbons (Fsp3) is 0.714. The van der Waals surface area contributed by atoms with Gasteiger partial charge in [-0.15, -0.1) is 0 Å². The molecule has 328 valence electrons. The highest BCUT2D eigenvalue weighted by atomic mass is 16.7. The topological polar surface area (TPSA) is 230 Å². The number of hydrogen-bond acceptors (Lipinski definition) is 15. The molecule has 2 bridgehead atoms. The number of aliphatic hydroxyl groups is 2. The Morgan fingerprint density at radius 1 is 1.12 bits per heavy atom. The Bertz CT molecular complexity index is 1880. The molecule has 3 fully saturated rings. The number of Topliss-reactive ketones (excluding diaryl/α,β-unsaturated/α-hetero) is 1. The molecule has 5 N–H and O–H groups in total. The molecule has 17 nitrogen and oxygen atoms in total. The normalized spacial score (nSPS) is 38.2. The summed E-state index contributed by atoms with van der Waals surface area (Å²) in [5.41, 5.74) is 5.00. The second-order valence-corrected chi connectivity index (χ2v) is 17.3. The second-order valence-electron chi connectivity index (χ2n) is 17.3. The zero-order valence-corrected chi connectivity index (χ0v) is 36.3. The van der Waals surface area contributed by atoms with Crippen LogP contribution in [-0.4, -0.2) is 136 Å². The summed E-state index contributed by atoms with van der Waals surface area (Å²) < 4.78 is 32.4. The average molecular weight is 829 g/mol. The predicted molar refractivity (Wildman–Crippen MR) is 219 cm³/mol. The molecule has 5 rings (SSSR count). The molecular formula is C42H64N6O11. The smallest absolute Gasteiger partial charge is 0.316 e. The van der Waals surface area contributed by atoms with Crippen molar-refractivity contribution >= 4 is 45.8 Å². The molecule has 59 heavy (non-hydrogen) atoms. The molecule has 1 aromatic heterocycles. The standard InChI is InChI=1S/C42H64N6O11/c1-12-32-42(9,53)37-23(4)33(44-26(7)49)21(2)17-41(8,55-20-28(19-54-37)47-56-18-27-13-14-30-29(16-27)38(43)46-45-30)36(24(5)34(50)25(6)39(52)58-32)59-40-35(51)31(48(10)11)15-22(3)57-40/h13-14,16,21-25,31-32,35-37,40,51,53H,12,15,17-20H2,1-11H3,(H3,43,45,46)/b44-33?,47-28+/t21-,22-,23+,24+,25-,31+,32-,35-,36-,37+,40+,41-,42-/m1/s1. The third kappa shape index (κ3) is 10.2. The lowest BCUT2D eigenvalue weighted by Gasteiger charge is -2.47. The SMILES string of the molecule is CC[C@H]1OC(=O)[C@H](C)C(=O)[C@H](C)[C@@H](O[C@@H]2O[C@H](C)C[C@H](N(C)C)[C@H]2O)[C@@]2(C)C[C@@H](C)C(=NC(C)=O)[C@H](C)[C@H](OC/C(=N\OCc3ccc4[nH]nc(N)c4c3)CO2)[C@]1(C)O. The van der Waals surface area contributed by atoms with E-state index in [1.807, 2.05) is 51.0 Å². The molecule has 0 saturated carbocycles. The van der Waals surface area contributed by atoms with Gasteiger partial charge in [0.05, 0.1) is 42.6 Å². The second kappa shape index (κ2) is 18.8. The number of esters is 1. The Balaban J connectivity index is 1.66. The number of ketones is 1. The fourth-order valence-corrected chi connectivity index (χ4v) is 8.98. The molecule has 0 aliphatic carbocycles. The summed E-state index contributed by atoms with van der Waals surface area (Å²) in [6.45, 7) is 14.7. The van der Waals surface area contributed by atoms with Gasteiger partial charge in [0.1, 0.15) is 36.0 Å². The minimum absolute atomic E-state index is 0.0521. The Morgan fingerprint density at radius 3 is 2.49 bits per heavy atom. The van der Waals surface area contributed by atoms with Gasteiger partial charge in [0.15, 0.2) is 17.9 Å². The van der Waals surface area contributed by atoms with E-state index in [0.717, 1.165) is 16.5 Å². The molecule has 1 amide bonds. The van der Waals surface area contributed by atoms with Crippen molar-refractivity contribution in [2.75, 3.05) is 33.0 Å². The lowest BCUT2D eigenvalue weighted by molar-refractivity contribution is -0.296. The van der Waals surface area contributed by atoms with Crippen LogP contribution < -0.4 is 5.73 Å². The zero-order chi connectivity index (χ0) is 43.6.